The molecule has 98 valence electrons. The summed E-state index contributed by atoms with van der Waals surface area (Å²) in [4.78, 5) is 12.3. The van der Waals surface area contributed by atoms with E-state index < -0.39 is 40.8 Å². The Morgan fingerprint density at radius 2 is 1.89 bits per heavy atom. The molecule has 1 aromatic carbocycles. The first kappa shape index (κ1) is 12.8. The van der Waals surface area contributed by atoms with Gasteiger partial charge >= 0.3 is 0 Å². The van der Waals surface area contributed by atoms with Crippen molar-refractivity contribution in [1.29, 1.82) is 0 Å². The van der Waals surface area contributed by atoms with E-state index in [2.05, 4.69) is 0 Å². The topological polar surface area (TPSA) is 40.5 Å². The molecule has 0 bridgehead atoms. The normalized spacial score (nSPS) is 19.7. The average Bonchev–Trinajstić information content (AvgIpc) is 2.72. The summed E-state index contributed by atoms with van der Waals surface area (Å²) in [7, 11) is 0. The number of benzene rings is 1. The molecule has 1 fully saturated rings. The van der Waals surface area contributed by atoms with Crippen LogP contribution in [-0.2, 0) is 4.79 Å². The lowest BCUT2D eigenvalue weighted by atomic mass is 10.1. The lowest BCUT2D eigenvalue weighted by Gasteiger charge is -2.17. The molecule has 18 heavy (non-hydrogen) atoms. The third-order valence-electron chi connectivity index (χ3n) is 2.84. The van der Waals surface area contributed by atoms with Crippen molar-refractivity contribution in [3.8, 4) is 0 Å². The molecule has 1 aliphatic rings. The maximum absolute atomic E-state index is 13.5. The van der Waals surface area contributed by atoms with E-state index in [0.717, 1.165) is 4.90 Å². The lowest BCUT2D eigenvalue weighted by molar-refractivity contribution is -0.117. The van der Waals surface area contributed by atoms with Crippen molar-refractivity contribution in [2.45, 2.75) is 6.42 Å². The highest BCUT2D eigenvalue weighted by molar-refractivity contribution is 5.95. The first-order valence-electron chi connectivity index (χ1n) is 5.20. The minimum Gasteiger partial charge on any atom is -0.396 e. The van der Waals surface area contributed by atoms with Crippen molar-refractivity contribution in [3.05, 3.63) is 29.3 Å². The van der Waals surface area contributed by atoms with Gasteiger partial charge in [0.2, 0.25) is 5.91 Å². The Morgan fingerprint density at radius 1 is 1.22 bits per heavy atom. The molecule has 0 saturated carbocycles. The maximum Gasteiger partial charge on any atom is 0.227 e. The quantitative estimate of drug-likeness (QED) is 0.500. The summed E-state index contributed by atoms with van der Waals surface area (Å²) in [6.45, 7) is -0.354. The number of hydrogen-bond donors (Lipinski definition) is 1. The van der Waals surface area contributed by atoms with E-state index in [9.17, 15) is 22.4 Å². The van der Waals surface area contributed by atoms with Crippen LogP contribution in [0.4, 0.5) is 23.2 Å². The van der Waals surface area contributed by atoms with Crippen LogP contribution in [0.3, 0.4) is 0 Å². The number of aliphatic hydroxyl groups excluding tert-OH is 1. The molecule has 7 heteroatoms. The standard InChI is InChI=1S/C11H9F4NO2/c12-6-2-7(10(14)11(15)9(6)13)16-3-5(4-17)1-8(16)18/h2,5,17H,1,3-4H2. The van der Waals surface area contributed by atoms with Gasteiger partial charge in [0.25, 0.3) is 0 Å². The van der Waals surface area contributed by atoms with Gasteiger partial charge in [-0.1, -0.05) is 0 Å². The molecule has 1 N–H and O–H groups in total. The average molecular weight is 263 g/mol. The minimum absolute atomic E-state index is 0.0451. The van der Waals surface area contributed by atoms with Gasteiger partial charge in [0.1, 0.15) is 0 Å². The molecule has 2 rings (SSSR count). The van der Waals surface area contributed by atoms with E-state index in [1.807, 2.05) is 0 Å². The molecule has 1 amide bonds. The van der Waals surface area contributed by atoms with Crippen LogP contribution in [-0.4, -0.2) is 24.2 Å². The second-order valence-corrected chi connectivity index (χ2v) is 4.08. The van der Waals surface area contributed by atoms with Crippen molar-refractivity contribution in [2.75, 3.05) is 18.1 Å². The lowest BCUT2D eigenvalue weighted by Crippen LogP contribution is -2.26. The van der Waals surface area contributed by atoms with E-state index in [1.54, 1.807) is 0 Å². The van der Waals surface area contributed by atoms with Crippen LogP contribution >= 0.6 is 0 Å². The largest absolute Gasteiger partial charge is 0.396 e. The summed E-state index contributed by atoms with van der Waals surface area (Å²) in [6.07, 6.45) is -0.0451. The Kier molecular flexibility index (Phi) is 3.25. The van der Waals surface area contributed by atoms with Gasteiger partial charge in [-0.2, -0.15) is 0 Å². The fourth-order valence-corrected chi connectivity index (χ4v) is 1.89. The molecular weight excluding hydrogens is 254 g/mol. The number of carbonyl (C=O) groups is 1. The number of hydrogen-bond acceptors (Lipinski definition) is 2. The van der Waals surface area contributed by atoms with E-state index >= 15 is 0 Å². The first-order chi connectivity index (χ1) is 8.45. The molecular formula is C11H9F4NO2. The number of carbonyl (C=O) groups excluding carboxylic acids is 1. The van der Waals surface area contributed by atoms with Crippen molar-refractivity contribution in [3.63, 3.8) is 0 Å². The minimum atomic E-state index is -1.95. The Bertz CT molecular complexity index is 506. The zero-order chi connectivity index (χ0) is 13.4. The van der Waals surface area contributed by atoms with Gasteiger partial charge in [0, 0.05) is 31.6 Å². The van der Waals surface area contributed by atoms with Crippen molar-refractivity contribution in [1.82, 2.24) is 0 Å². The van der Waals surface area contributed by atoms with E-state index in [0.29, 0.717) is 6.07 Å². The first-order valence-corrected chi connectivity index (χ1v) is 5.20. The van der Waals surface area contributed by atoms with Crippen LogP contribution < -0.4 is 4.90 Å². The summed E-state index contributed by atoms with van der Waals surface area (Å²) < 4.78 is 52.3. The third-order valence-corrected chi connectivity index (χ3v) is 2.84. The highest BCUT2D eigenvalue weighted by Crippen LogP contribution is 2.30. The highest BCUT2D eigenvalue weighted by Gasteiger charge is 2.33. The molecule has 1 atom stereocenters. The van der Waals surface area contributed by atoms with Crippen LogP contribution in [0.1, 0.15) is 6.42 Å². The zero-order valence-corrected chi connectivity index (χ0v) is 9.09. The molecule has 1 aromatic rings. The third kappa shape index (κ3) is 1.94. The van der Waals surface area contributed by atoms with Crippen LogP contribution in [0.15, 0.2) is 6.07 Å². The molecule has 1 unspecified atom stereocenters. The Balaban J connectivity index is 2.43. The summed E-state index contributed by atoms with van der Waals surface area (Å²) in [5.74, 6) is -8.04. The number of amides is 1. The van der Waals surface area contributed by atoms with Gasteiger partial charge < -0.3 is 10.0 Å². The SMILES string of the molecule is O=C1CC(CO)CN1c1cc(F)c(F)c(F)c1F. The zero-order valence-electron chi connectivity index (χ0n) is 9.09. The highest BCUT2D eigenvalue weighted by atomic mass is 19.2. The van der Waals surface area contributed by atoms with Crippen molar-refractivity contribution < 1.29 is 27.5 Å². The van der Waals surface area contributed by atoms with E-state index in [1.165, 1.54) is 0 Å². The van der Waals surface area contributed by atoms with Gasteiger partial charge in [-0.15, -0.1) is 0 Å². The number of rotatable bonds is 2. The smallest absolute Gasteiger partial charge is 0.227 e. The molecule has 3 nitrogen and oxygen atoms in total. The second kappa shape index (κ2) is 4.56. The predicted molar refractivity (Wildman–Crippen MR) is 53.8 cm³/mol. The molecule has 0 radical (unpaired) electrons. The summed E-state index contributed by atoms with van der Waals surface area (Å²) in [5, 5.41) is 8.89. The second-order valence-electron chi connectivity index (χ2n) is 4.08. The van der Waals surface area contributed by atoms with Gasteiger partial charge in [-0.3, -0.25) is 4.79 Å². The number of anilines is 1. The molecule has 1 saturated heterocycles. The van der Waals surface area contributed by atoms with Crippen LogP contribution in [0.2, 0.25) is 0 Å². The Hall–Kier alpha value is -1.63. The summed E-state index contributed by atoms with van der Waals surface area (Å²) in [6, 6.07) is 0.436. The Morgan fingerprint density at radius 3 is 2.44 bits per heavy atom. The number of halogens is 4. The molecule has 0 aliphatic carbocycles. The molecule has 1 heterocycles. The van der Waals surface area contributed by atoms with Crippen molar-refractivity contribution >= 4 is 11.6 Å². The van der Waals surface area contributed by atoms with Gasteiger partial charge in [-0.05, 0) is 0 Å². The number of nitrogens with zero attached hydrogens (tertiary/aromatic N) is 1. The van der Waals surface area contributed by atoms with Gasteiger partial charge in [0.05, 0.1) is 5.69 Å². The molecule has 0 aromatic heterocycles. The van der Waals surface area contributed by atoms with Crippen molar-refractivity contribution in [2.24, 2.45) is 5.92 Å². The Labute approximate surface area is 99.6 Å². The molecule has 0 spiro atoms. The van der Waals surface area contributed by atoms with E-state index in [4.69, 9.17) is 5.11 Å². The summed E-state index contributed by atoms with van der Waals surface area (Å²) >= 11 is 0. The van der Waals surface area contributed by atoms with Crippen LogP contribution in [0.25, 0.3) is 0 Å². The maximum atomic E-state index is 13.5. The van der Waals surface area contributed by atoms with E-state index in [-0.39, 0.29) is 19.6 Å². The number of aliphatic hydroxyl groups is 1. The van der Waals surface area contributed by atoms with Crippen LogP contribution in [0.5, 0.6) is 0 Å². The molecule has 1 aliphatic heterocycles. The van der Waals surface area contributed by atoms with Crippen LogP contribution in [0, 0.1) is 29.2 Å². The predicted octanol–water partition coefficient (Wildman–Crippen LogP) is 1.59. The summed E-state index contributed by atoms with van der Waals surface area (Å²) in [5.41, 5.74) is -0.646. The van der Waals surface area contributed by atoms with Gasteiger partial charge in [-0.25, -0.2) is 17.6 Å². The fraction of sp³-hybridized carbons (Fsp3) is 0.364. The van der Waals surface area contributed by atoms with Gasteiger partial charge in [0.15, 0.2) is 23.3 Å². The fourth-order valence-electron chi connectivity index (χ4n) is 1.89. The monoisotopic (exact) mass is 263 g/mol.